The molecule has 0 amide bonds. The van der Waals surface area contributed by atoms with Crippen molar-refractivity contribution in [1.29, 1.82) is 0 Å². The van der Waals surface area contributed by atoms with Crippen LogP contribution in [0.4, 0.5) is 5.69 Å². The van der Waals surface area contributed by atoms with E-state index in [1.807, 2.05) is 65.6 Å². The van der Waals surface area contributed by atoms with Gasteiger partial charge in [-0.3, -0.25) is 19.4 Å². The van der Waals surface area contributed by atoms with Crippen LogP contribution in [0.15, 0.2) is 109 Å². The van der Waals surface area contributed by atoms with Gasteiger partial charge in [0.2, 0.25) is 0 Å². The summed E-state index contributed by atoms with van der Waals surface area (Å²) in [5, 5.41) is 0.892. The number of ether oxygens (including phenoxy) is 2. The molecular weight excluding hydrogens is 564 g/mol. The van der Waals surface area contributed by atoms with Crippen molar-refractivity contribution in [1.82, 2.24) is 4.98 Å². The number of ketones is 3. The number of benzene rings is 4. The number of anilines is 1. The Bertz CT molecular complexity index is 2050. The number of Topliss-reactive ketones (excluding diaryl/α,β-unsaturated/α-hetero) is 3. The highest BCUT2D eigenvalue weighted by molar-refractivity contribution is 6.32. The number of rotatable bonds is 5. The summed E-state index contributed by atoms with van der Waals surface area (Å²) in [5.74, 6) is -0.735. The molecule has 2 aliphatic heterocycles. The van der Waals surface area contributed by atoms with Crippen molar-refractivity contribution in [2.24, 2.45) is 5.41 Å². The molecule has 45 heavy (non-hydrogen) atoms. The predicted octanol–water partition coefficient (Wildman–Crippen LogP) is 6.57. The van der Waals surface area contributed by atoms with Crippen molar-refractivity contribution in [2.75, 3.05) is 19.1 Å². The Balaban J connectivity index is 1.50. The van der Waals surface area contributed by atoms with Crippen LogP contribution in [0, 0.1) is 5.41 Å². The van der Waals surface area contributed by atoms with E-state index in [0.717, 1.165) is 16.6 Å². The average molecular weight is 593 g/mol. The lowest BCUT2D eigenvalue weighted by Gasteiger charge is -2.37. The summed E-state index contributed by atoms with van der Waals surface area (Å²) in [6.07, 6.45) is 5.59. The number of pyridine rings is 1. The molecule has 3 heterocycles. The second kappa shape index (κ2) is 9.99. The van der Waals surface area contributed by atoms with Gasteiger partial charge in [-0.1, -0.05) is 91.0 Å². The molecule has 1 aliphatic carbocycles. The second-order valence-corrected chi connectivity index (χ2v) is 11.6. The third-order valence-corrected chi connectivity index (χ3v) is 9.64. The number of nitrogens with zero attached hydrogens (tertiary/aromatic N) is 2. The van der Waals surface area contributed by atoms with Crippen LogP contribution >= 0.6 is 0 Å². The lowest BCUT2D eigenvalue weighted by molar-refractivity contribution is 0.0665. The van der Waals surface area contributed by atoms with Gasteiger partial charge in [-0.05, 0) is 17.7 Å². The topological polar surface area (TPSA) is 85.8 Å². The number of carbonyl (C=O) groups excluding carboxylic acids is 3. The monoisotopic (exact) mass is 592 g/mol. The Labute approximate surface area is 259 Å². The Hall–Kier alpha value is -5.56. The first-order chi connectivity index (χ1) is 22.0. The van der Waals surface area contributed by atoms with E-state index in [-0.39, 0.29) is 17.3 Å². The van der Waals surface area contributed by atoms with E-state index in [2.05, 4.69) is 0 Å². The molecule has 0 unspecified atom stereocenters. The van der Waals surface area contributed by atoms with E-state index >= 15 is 4.79 Å². The van der Waals surface area contributed by atoms with E-state index in [1.54, 1.807) is 68.9 Å². The van der Waals surface area contributed by atoms with Crippen LogP contribution in [0.1, 0.15) is 48.1 Å². The minimum absolute atomic E-state index is 0.203. The standard InChI is InChI=1S/C38H28N2O5/c1-44-25-17-18-28(29(21-25)45-2)31-34(35(41)24-9-4-3-5-10-24)40-30(38(31)36(42)26-12-6-7-13-27(26)37(38)43)19-16-23-15-14-22-11-8-20-39-32(22)33(23)40/h3-21,30-31,34H,1-2H3/t30-,31+,34-/m0/s1. The zero-order valence-corrected chi connectivity index (χ0v) is 24.6. The fraction of sp³-hybridized carbons (Fsp3) is 0.158. The van der Waals surface area contributed by atoms with E-state index in [9.17, 15) is 9.59 Å². The molecule has 8 rings (SSSR count). The third-order valence-electron chi connectivity index (χ3n) is 9.64. The first-order valence-corrected chi connectivity index (χ1v) is 14.8. The van der Waals surface area contributed by atoms with Crippen molar-refractivity contribution in [3.63, 3.8) is 0 Å². The first-order valence-electron chi connectivity index (χ1n) is 14.8. The number of hydrogen-bond acceptors (Lipinski definition) is 7. The van der Waals surface area contributed by atoms with Crippen molar-refractivity contribution in [3.05, 3.63) is 137 Å². The summed E-state index contributed by atoms with van der Waals surface area (Å²) >= 11 is 0. The average Bonchev–Trinajstić information content (AvgIpc) is 3.53. The zero-order chi connectivity index (χ0) is 30.9. The lowest BCUT2D eigenvalue weighted by Crippen LogP contribution is -2.48. The van der Waals surface area contributed by atoms with Crippen LogP contribution in [-0.2, 0) is 0 Å². The van der Waals surface area contributed by atoms with Crippen LogP contribution in [0.5, 0.6) is 11.5 Å². The van der Waals surface area contributed by atoms with Gasteiger partial charge in [0.05, 0.1) is 31.5 Å². The zero-order valence-electron chi connectivity index (χ0n) is 24.6. The number of carbonyl (C=O) groups is 3. The number of methoxy groups -OCH3 is 2. The third kappa shape index (κ3) is 3.58. The van der Waals surface area contributed by atoms with Crippen molar-refractivity contribution in [3.8, 4) is 11.5 Å². The van der Waals surface area contributed by atoms with E-state index < -0.39 is 23.4 Å². The molecule has 0 N–H and O–H groups in total. The predicted molar refractivity (Wildman–Crippen MR) is 171 cm³/mol. The summed E-state index contributed by atoms with van der Waals surface area (Å²) in [5.41, 5.74) is 2.41. The molecule has 220 valence electrons. The normalized spacial score (nSPS) is 20.7. The van der Waals surface area contributed by atoms with Crippen molar-refractivity contribution < 1.29 is 23.9 Å². The maximum Gasteiger partial charge on any atom is 0.185 e. The molecule has 7 nitrogen and oxygen atoms in total. The van der Waals surface area contributed by atoms with E-state index in [4.69, 9.17) is 14.5 Å². The molecular formula is C38H28N2O5. The summed E-state index contributed by atoms with van der Waals surface area (Å²) in [6, 6.07) is 27.5. The maximum absolute atomic E-state index is 15.0. The highest BCUT2D eigenvalue weighted by Crippen LogP contribution is 2.62. The second-order valence-electron chi connectivity index (χ2n) is 11.6. The molecule has 0 radical (unpaired) electrons. The van der Waals surface area contributed by atoms with Gasteiger partial charge in [0.15, 0.2) is 17.3 Å². The number of hydrogen-bond donors (Lipinski definition) is 0. The molecule has 1 aromatic heterocycles. The van der Waals surface area contributed by atoms with Gasteiger partial charge in [-0.15, -0.1) is 0 Å². The van der Waals surface area contributed by atoms with Gasteiger partial charge in [-0.2, -0.15) is 0 Å². The molecule has 1 saturated heterocycles. The molecule has 4 aromatic carbocycles. The largest absolute Gasteiger partial charge is 0.497 e. The molecule has 1 spiro atoms. The smallest absolute Gasteiger partial charge is 0.185 e. The quantitative estimate of drug-likeness (QED) is 0.169. The Kier molecular flexibility index (Phi) is 6.00. The SMILES string of the molecule is COc1ccc([C@@H]2[C@@H](C(=O)c3ccccc3)N3c4c(ccc5cccnc45)C=C[C@H]3C23C(=O)c2ccccc2C3=O)c(OC)c1. The van der Waals surface area contributed by atoms with Gasteiger partial charge >= 0.3 is 0 Å². The van der Waals surface area contributed by atoms with Crippen LogP contribution in [0.2, 0.25) is 0 Å². The minimum Gasteiger partial charge on any atom is -0.497 e. The van der Waals surface area contributed by atoms with Crippen LogP contribution in [-0.4, -0.2) is 48.6 Å². The molecule has 0 saturated carbocycles. The molecule has 3 aliphatic rings. The van der Waals surface area contributed by atoms with Crippen LogP contribution in [0.3, 0.4) is 0 Å². The summed E-state index contributed by atoms with van der Waals surface area (Å²) in [4.78, 5) is 51.8. The minimum atomic E-state index is -1.66. The Morgan fingerprint density at radius 1 is 0.822 bits per heavy atom. The number of aromatic nitrogens is 1. The van der Waals surface area contributed by atoms with E-state index in [1.165, 1.54) is 0 Å². The lowest BCUT2D eigenvalue weighted by atomic mass is 9.64. The van der Waals surface area contributed by atoms with Crippen LogP contribution in [0.25, 0.3) is 17.0 Å². The Morgan fingerprint density at radius 3 is 2.27 bits per heavy atom. The van der Waals surface area contributed by atoms with Gasteiger partial charge in [0.25, 0.3) is 0 Å². The highest BCUT2D eigenvalue weighted by Gasteiger charge is 2.72. The van der Waals surface area contributed by atoms with Crippen molar-refractivity contribution in [2.45, 2.75) is 18.0 Å². The summed E-state index contributed by atoms with van der Waals surface area (Å²) in [6.45, 7) is 0. The fourth-order valence-electron chi connectivity index (χ4n) is 7.78. The van der Waals surface area contributed by atoms with Gasteiger partial charge in [-0.25, -0.2) is 0 Å². The molecule has 0 bridgehead atoms. The molecule has 5 aromatic rings. The van der Waals surface area contributed by atoms with Crippen LogP contribution < -0.4 is 14.4 Å². The van der Waals surface area contributed by atoms with Gasteiger partial charge in [0, 0.05) is 45.8 Å². The fourth-order valence-corrected chi connectivity index (χ4v) is 7.78. The first kappa shape index (κ1) is 27.0. The highest BCUT2D eigenvalue weighted by atomic mass is 16.5. The number of fused-ring (bicyclic) bond motifs is 7. The molecule has 3 atom stereocenters. The summed E-state index contributed by atoms with van der Waals surface area (Å²) in [7, 11) is 3.11. The summed E-state index contributed by atoms with van der Waals surface area (Å²) < 4.78 is 11.4. The maximum atomic E-state index is 15.0. The van der Waals surface area contributed by atoms with Gasteiger partial charge < -0.3 is 14.4 Å². The van der Waals surface area contributed by atoms with Crippen molar-refractivity contribution >= 4 is 40.0 Å². The Morgan fingerprint density at radius 2 is 1.56 bits per heavy atom. The molecule has 7 heteroatoms. The van der Waals surface area contributed by atoms with Gasteiger partial charge in [0.1, 0.15) is 23.0 Å². The van der Waals surface area contributed by atoms with E-state index in [0.29, 0.717) is 39.3 Å². The molecule has 1 fully saturated rings.